The van der Waals surface area contributed by atoms with E-state index in [1.807, 2.05) is 30.3 Å². The van der Waals surface area contributed by atoms with Crippen LogP contribution in [0.5, 0.6) is 5.75 Å². The summed E-state index contributed by atoms with van der Waals surface area (Å²) in [5, 5.41) is 6.18. The molecule has 0 radical (unpaired) electrons. The predicted octanol–water partition coefficient (Wildman–Crippen LogP) is 1.66. The van der Waals surface area contributed by atoms with Crippen LogP contribution in [0.1, 0.15) is 6.92 Å². The Morgan fingerprint density at radius 1 is 1.27 bits per heavy atom. The van der Waals surface area contributed by atoms with E-state index in [4.69, 9.17) is 4.74 Å². The SMILES string of the molecule is CN=C(NCCOc1ccccc1)NCC(C)C(=O)OC.I. The smallest absolute Gasteiger partial charge is 0.310 e. The van der Waals surface area contributed by atoms with Crippen molar-refractivity contribution < 1.29 is 14.3 Å². The van der Waals surface area contributed by atoms with E-state index in [-0.39, 0.29) is 35.9 Å². The van der Waals surface area contributed by atoms with E-state index < -0.39 is 0 Å². The lowest BCUT2D eigenvalue weighted by molar-refractivity contribution is -0.144. The maximum absolute atomic E-state index is 11.3. The Hall–Kier alpha value is -1.51. The van der Waals surface area contributed by atoms with Gasteiger partial charge < -0.3 is 20.1 Å². The molecule has 1 unspecified atom stereocenters. The number of ether oxygens (including phenoxy) is 2. The summed E-state index contributed by atoms with van der Waals surface area (Å²) in [6.45, 7) is 3.40. The van der Waals surface area contributed by atoms with Crippen LogP contribution in [-0.4, -0.2) is 45.8 Å². The second-order valence-electron chi connectivity index (χ2n) is 4.47. The van der Waals surface area contributed by atoms with Crippen LogP contribution in [0.25, 0.3) is 0 Å². The third kappa shape index (κ3) is 8.06. The molecule has 6 nitrogen and oxygen atoms in total. The van der Waals surface area contributed by atoms with Crippen molar-refractivity contribution in [3.8, 4) is 5.75 Å². The second kappa shape index (κ2) is 12.1. The van der Waals surface area contributed by atoms with E-state index in [1.54, 1.807) is 14.0 Å². The van der Waals surface area contributed by atoms with Crippen molar-refractivity contribution in [2.24, 2.45) is 10.9 Å². The van der Waals surface area contributed by atoms with E-state index in [9.17, 15) is 4.79 Å². The molecule has 0 aliphatic rings. The summed E-state index contributed by atoms with van der Waals surface area (Å²) in [6, 6.07) is 9.62. The fraction of sp³-hybridized carbons (Fsp3) is 0.467. The van der Waals surface area contributed by atoms with Crippen LogP contribution in [0.2, 0.25) is 0 Å². The monoisotopic (exact) mass is 421 g/mol. The highest BCUT2D eigenvalue weighted by atomic mass is 127. The molecule has 1 aromatic rings. The fourth-order valence-electron chi connectivity index (χ4n) is 1.61. The number of carbonyl (C=O) groups is 1. The number of nitrogens with zero attached hydrogens (tertiary/aromatic N) is 1. The lowest BCUT2D eigenvalue weighted by Crippen LogP contribution is -2.42. The molecule has 22 heavy (non-hydrogen) atoms. The second-order valence-corrected chi connectivity index (χ2v) is 4.47. The number of nitrogens with one attached hydrogen (secondary N) is 2. The molecule has 0 fully saturated rings. The number of hydrogen-bond acceptors (Lipinski definition) is 4. The molecule has 0 aromatic heterocycles. The first-order valence-electron chi connectivity index (χ1n) is 6.87. The number of carbonyl (C=O) groups excluding carboxylic acids is 1. The molecule has 0 aliphatic heterocycles. The van der Waals surface area contributed by atoms with Crippen LogP contribution in [0.15, 0.2) is 35.3 Å². The summed E-state index contributed by atoms with van der Waals surface area (Å²) in [5.41, 5.74) is 0. The molecule has 0 saturated carbocycles. The summed E-state index contributed by atoms with van der Waals surface area (Å²) in [4.78, 5) is 15.4. The summed E-state index contributed by atoms with van der Waals surface area (Å²) >= 11 is 0. The largest absolute Gasteiger partial charge is 0.492 e. The van der Waals surface area contributed by atoms with Crippen molar-refractivity contribution in [1.29, 1.82) is 0 Å². The first-order chi connectivity index (χ1) is 10.2. The number of halogens is 1. The topological polar surface area (TPSA) is 72.0 Å². The van der Waals surface area contributed by atoms with Crippen LogP contribution in [0.3, 0.4) is 0 Å². The number of methoxy groups -OCH3 is 1. The third-order valence-electron chi connectivity index (χ3n) is 2.81. The molecule has 0 aliphatic carbocycles. The van der Waals surface area contributed by atoms with Crippen LogP contribution >= 0.6 is 24.0 Å². The lowest BCUT2D eigenvalue weighted by Gasteiger charge is -2.15. The van der Waals surface area contributed by atoms with Gasteiger partial charge in [-0.25, -0.2) is 0 Å². The highest BCUT2D eigenvalue weighted by Crippen LogP contribution is 2.07. The van der Waals surface area contributed by atoms with Gasteiger partial charge in [-0.1, -0.05) is 25.1 Å². The molecule has 124 valence electrons. The van der Waals surface area contributed by atoms with Crippen LogP contribution in [-0.2, 0) is 9.53 Å². The Labute approximate surface area is 148 Å². The number of hydrogen-bond donors (Lipinski definition) is 2. The van der Waals surface area contributed by atoms with Crippen molar-refractivity contribution in [2.45, 2.75) is 6.92 Å². The fourth-order valence-corrected chi connectivity index (χ4v) is 1.61. The standard InChI is InChI=1S/C15H23N3O3.HI/c1-12(14(19)20-3)11-18-15(16-2)17-9-10-21-13-7-5-4-6-8-13;/h4-8,12H,9-11H2,1-3H3,(H2,16,17,18);1H. The molecular formula is C15H24IN3O3. The van der Waals surface area contributed by atoms with Gasteiger partial charge in [-0.2, -0.15) is 0 Å². The van der Waals surface area contributed by atoms with E-state index in [1.165, 1.54) is 7.11 Å². The lowest BCUT2D eigenvalue weighted by atomic mass is 10.2. The summed E-state index contributed by atoms with van der Waals surface area (Å²) in [6.07, 6.45) is 0. The summed E-state index contributed by atoms with van der Waals surface area (Å²) in [7, 11) is 3.06. The zero-order chi connectivity index (χ0) is 15.5. The minimum atomic E-state index is -0.245. The number of rotatable bonds is 7. The van der Waals surface area contributed by atoms with Gasteiger partial charge in [0.2, 0.25) is 0 Å². The number of benzene rings is 1. The Balaban J connectivity index is 0.00000441. The number of esters is 1. The minimum absolute atomic E-state index is 0. The molecule has 1 rings (SSSR count). The highest BCUT2D eigenvalue weighted by Gasteiger charge is 2.13. The van der Waals surface area contributed by atoms with E-state index in [0.717, 1.165) is 5.75 Å². The third-order valence-corrected chi connectivity index (χ3v) is 2.81. The maximum atomic E-state index is 11.3. The zero-order valence-corrected chi connectivity index (χ0v) is 15.5. The molecule has 0 heterocycles. The van der Waals surface area contributed by atoms with E-state index >= 15 is 0 Å². The van der Waals surface area contributed by atoms with Gasteiger partial charge in [0, 0.05) is 13.6 Å². The Bertz CT molecular complexity index is 455. The summed E-state index contributed by atoms with van der Waals surface area (Å²) in [5.74, 6) is 0.989. The predicted molar refractivity (Wildman–Crippen MR) is 97.9 cm³/mol. The van der Waals surface area contributed by atoms with Crippen molar-refractivity contribution in [1.82, 2.24) is 10.6 Å². The highest BCUT2D eigenvalue weighted by molar-refractivity contribution is 14.0. The van der Waals surface area contributed by atoms with Crippen molar-refractivity contribution in [3.63, 3.8) is 0 Å². The van der Waals surface area contributed by atoms with Gasteiger partial charge in [-0.15, -0.1) is 24.0 Å². The van der Waals surface area contributed by atoms with Gasteiger partial charge in [-0.05, 0) is 12.1 Å². The van der Waals surface area contributed by atoms with Gasteiger partial charge in [0.1, 0.15) is 12.4 Å². The first kappa shape index (κ1) is 20.5. The first-order valence-corrected chi connectivity index (χ1v) is 6.87. The molecular weight excluding hydrogens is 397 g/mol. The van der Waals surface area contributed by atoms with E-state index in [0.29, 0.717) is 25.7 Å². The summed E-state index contributed by atoms with van der Waals surface area (Å²) < 4.78 is 10.2. The van der Waals surface area contributed by atoms with Crippen LogP contribution in [0, 0.1) is 5.92 Å². The van der Waals surface area contributed by atoms with Crippen molar-refractivity contribution >= 4 is 35.9 Å². The normalized spacial score (nSPS) is 11.9. The van der Waals surface area contributed by atoms with Gasteiger partial charge in [0.15, 0.2) is 5.96 Å². The molecule has 0 amide bonds. The molecule has 1 aromatic carbocycles. The molecule has 0 bridgehead atoms. The molecule has 0 saturated heterocycles. The van der Waals surface area contributed by atoms with E-state index in [2.05, 4.69) is 20.4 Å². The van der Waals surface area contributed by atoms with Gasteiger partial charge >= 0.3 is 5.97 Å². The number of aliphatic imine (C=N–C) groups is 1. The Morgan fingerprint density at radius 3 is 2.55 bits per heavy atom. The van der Waals surface area contributed by atoms with Crippen LogP contribution < -0.4 is 15.4 Å². The average molecular weight is 421 g/mol. The zero-order valence-electron chi connectivity index (χ0n) is 13.2. The Morgan fingerprint density at radius 2 is 1.95 bits per heavy atom. The van der Waals surface area contributed by atoms with Gasteiger partial charge in [-0.3, -0.25) is 9.79 Å². The number of guanidine groups is 1. The Kier molecular flexibility index (Phi) is 11.2. The molecule has 0 spiro atoms. The molecule has 2 N–H and O–H groups in total. The van der Waals surface area contributed by atoms with Crippen LogP contribution in [0.4, 0.5) is 0 Å². The number of para-hydroxylation sites is 1. The average Bonchev–Trinajstić information content (AvgIpc) is 2.54. The van der Waals surface area contributed by atoms with Crippen molar-refractivity contribution in [3.05, 3.63) is 30.3 Å². The quantitative estimate of drug-likeness (QED) is 0.230. The van der Waals surface area contributed by atoms with Gasteiger partial charge in [0.25, 0.3) is 0 Å². The molecule has 1 atom stereocenters. The van der Waals surface area contributed by atoms with Gasteiger partial charge in [0.05, 0.1) is 19.6 Å². The molecule has 7 heteroatoms. The van der Waals surface area contributed by atoms with Crippen molar-refractivity contribution in [2.75, 3.05) is 33.9 Å². The minimum Gasteiger partial charge on any atom is -0.492 e. The maximum Gasteiger partial charge on any atom is 0.310 e.